The molecular weight excluding hydrogens is 276 g/mol. The zero-order chi connectivity index (χ0) is 14.7. The molecule has 1 aliphatic rings. The first kappa shape index (κ1) is 16.9. The standard InChI is InChI=1S/C13H28N2O2SSi/c1-13(2,3)19(4,5)17-11-8-6-10(7-9-11)16-12(18)15-14/h10-11H,6-9,14H2,1-5H3,(H,15,18). The van der Waals surface area contributed by atoms with Crippen LogP contribution in [0.5, 0.6) is 0 Å². The van der Waals surface area contributed by atoms with E-state index in [0.717, 1.165) is 25.7 Å². The number of hydrogen-bond acceptors (Lipinski definition) is 4. The van der Waals surface area contributed by atoms with Crippen LogP contribution in [0.3, 0.4) is 0 Å². The van der Waals surface area contributed by atoms with Gasteiger partial charge in [0.25, 0.3) is 5.17 Å². The Morgan fingerprint density at radius 3 is 2.05 bits per heavy atom. The molecule has 0 amide bonds. The van der Waals surface area contributed by atoms with Crippen LogP contribution in [0.25, 0.3) is 0 Å². The molecule has 0 aromatic rings. The number of hydrogen-bond donors (Lipinski definition) is 2. The molecule has 112 valence electrons. The molecule has 19 heavy (non-hydrogen) atoms. The van der Waals surface area contributed by atoms with Crippen LogP contribution < -0.4 is 11.3 Å². The average Bonchev–Trinajstić information content (AvgIpc) is 2.29. The minimum atomic E-state index is -1.65. The fourth-order valence-electron chi connectivity index (χ4n) is 2.05. The first-order valence-electron chi connectivity index (χ1n) is 7.01. The maximum Gasteiger partial charge on any atom is 0.271 e. The maximum absolute atomic E-state index is 6.43. The molecule has 0 atom stereocenters. The second-order valence-electron chi connectivity index (χ2n) is 6.83. The van der Waals surface area contributed by atoms with Gasteiger partial charge >= 0.3 is 0 Å². The van der Waals surface area contributed by atoms with Gasteiger partial charge in [-0.05, 0) is 56.0 Å². The summed E-state index contributed by atoms with van der Waals surface area (Å²) < 4.78 is 12.0. The van der Waals surface area contributed by atoms with E-state index in [2.05, 4.69) is 39.3 Å². The van der Waals surface area contributed by atoms with E-state index in [1.807, 2.05) is 0 Å². The van der Waals surface area contributed by atoms with Crippen molar-refractivity contribution in [1.29, 1.82) is 0 Å². The molecule has 1 aliphatic carbocycles. The Hall–Kier alpha value is -0.173. The summed E-state index contributed by atoms with van der Waals surface area (Å²) in [4.78, 5) is 0. The van der Waals surface area contributed by atoms with Crippen molar-refractivity contribution in [2.24, 2.45) is 5.84 Å². The van der Waals surface area contributed by atoms with E-state index in [0.29, 0.717) is 6.10 Å². The quantitative estimate of drug-likeness (QED) is 0.363. The number of rotatable bonds is 3. The molecule has 6 heteroatoms. The summed E-state index contributed by atoms with van der Waals surface area (Å²) in [5.41, 5.74) is 2.37. The fraction of sp³-hybridized carbons (Fsp3) is 0.923. The van der Waals surface area contributed by atoms with Crippen LogP contribution in [0.1, 0.15) is 46.5 Å². The lowest BCUT2D eigenvalue weighted by molar-refractivity contribution is 0.0660. The predicted octanol–water partition coefficient (Wildman–Crippen LogP) is 3.08. The Morgan fingerprint density at radius 2 is 1.63 bits per heavy atom. The van der Waals surface area contributed by atoms with Gasteiger partial charge in [0, 0.05) is 6.10 Å². The molecule has 4 nitrogen and oxygen atoms in total. The SMILES string of the molecule is CC(C)(C)[Si](C)(C)OC1CCC(OC(=S)NN)CC1. The lowest BCUT2D eigenvalue weighted by atomic mass is 9.95. The Balaban J connectivity index is 2.40. The normalized spacial score (nSPS) is 24.9. The number of thiocarbonyl (C=S) groups is 1. The van der Waals surface area contributed by atoms with E-state index in [1.54, 1.807) is 0 Å². The van der Waals surface area contributed by atoms with Gasteiger partial charge in [-0.1, -0.05) is 20.8 Å². The summed E-state index contributed by atoms with van der Waals surface area (Å²) in [6, 6.07) is 0. The van der Waals surface area contributed by atoms with Crippen LogP contribution in [0, 0.1) is 0 Å². The Labute approximate surface area is 123 Å². The summed E-state index contributed by atoms with van der Waals surface area (Å²) in [7, 11) is -1.65. The molecule has 1 saturated carbocycles. The number of ether oxygens (including phenoxy) is 1. The molecule has 1 fully saturated rings. The van der Waals surface area contributed by atoms with Gasteiger partial charge in [-0.3, -0.25) is 5.43 Å². The van der Waals surface area contributed by atoms with Gasteiger partial charge < -0.3 is 9.16 Å². The van der Waals surface area contributed by atoms with Gasteiger partial charge in [0.1, 0.15) is 6.10 Å². The molecule has 0 aromatic carbocycles. The molecule has 0 radical (unpaired) electrons. The largest absolute Gasteiger partial charge is 0.467 e. The minimum Gasteiger partial charge on any atom is -0.467 e. The van der Waals surface area contributed by atoms with Crippen molar-refractivity contribution in [2.75, 3.05) is 0 Å². The third-order valence-electron chi connectivity index (χ3n) is 4.28. The molecule has 0 unspecified atom stereocenters. The lowest BCUT2D eigenvalue weighted by Gasteiger charge is -2.41. The molecule has 1 rings (SSSR count). The van der Waals surface area contributed by atoms with E-state index >= 15 is 0 Å². The molecule has 0 aromatic heterocycles. The average molecular weight is 305 g/mol. The van der Waals surface area contributed by atoms with E-state index in [-0.39, 0.29) is 16.3 Å². The van der Waals surface area contributed by atoms with Crippen molar-refractivity contribution in [3.05, 3.63) is 0 Å². The molecule has 3 N–H and O–H groups in total. The molecule has 0 bridgehead atoms. The highest BCUT2D eigenvalue weighted by atomic mass is 32.1. The molecule has 0 heterocycles. The molecular formula is C13H28N2O2SSi. The van der Waals surface area contributed by atoms with Gasteiger partial charge in [0.15, 0.2) is 8.32 Å². The Kier molecular flexibility index (Phi) is 5.79. The van der Waals surface area contributed by atoms with Crippen molar-refractivity contribution < 1.29 is 9.16 Å². The van der Waals surface area contributed by atoms with E-state index in [1.165, 1.54) is 0 Å². The predicted molar refractivity (Wildman–Crippen MR) is 85.3 cm³/mol. The smallest absolute Gasteiger partial charge is 0.271 e. The van der Waals surface area contributed by atoms with E-state index < -0.39 is 8.32 Å². The maximum atomic E-state index is 6.43. The summed E-state index contributed by atoms with van der Waals surface area (Å²) in [5, 5.41) is 0.555. The number of nitrogens with one attached hydrogen (secondary N) is 1. The first-order valence-corrected chi connectivity index (χ1v) is 10.3. The second kappa shape index (κ2) is 6.52. The zero-order valence-corrected chi connectivity index (χ0v) is 14.6. The van der Waals surface area contributed by atoms with Gasteiger partial charge in [0.2, 0.25) is 0 Å². The van der Waals surface area contributed by atoms with Crippen LogP contribution in [-0.4, -0.2) is 25.7 Å². The highest BCUT2D eigenvalue weighted by Gasteiger charge is 2.39. The van der Waals surface area contributed by atoms with Gasteiger partial charge in [-0.25, -0.2) is 5.84 Å². The summed E-state index contributed by atoms with van der Waals surface area (Å²) in [5.74, 6) is 5.21. The van der Waals surface area contributed by atoms with Crippen molar-refractivity contribution in [1.82, 2.24) is 5.43 Å². The first-order chi connectivity index (χ1) is 8.65. The third kappa shape index (κ3) is 5.02. The number of nitrogens with two attached hydrogens (primary N) is 1. The monoisotopic (exact) mass is 304 g/mol. The van der Waals surface area contributed by atoms with Crippen LogP contribution >= 0.6 is 12.2 Å². The highest BCUT2D eigenvalue weighted by molar-refractivity contribution is 7.80. The summed E-state index contributed by atoms with van der Waals surface area (Å²) >= 11 is 4.92. The third-order valence-corrected chi connectivity index (χ3v) is 9.03. The van der Waals surface area contributed by atoms with Crippen LogP contribution in [0.2, 0.25) is 18.1 Å². The van der Waals surface area contributed by atoms with Gasteiger partial charge in [0.05, 0.1) is 0 Å². The fourth-order valence-corrected chi connectivity index (χ4v) is 3.61. The van der Waals surface area contributed by atoms with Crippen LogP contribution in [0.4, 0.5) is 0 Å². The molecule has 0 spiro atoms. The van der Waals surface area contributed by atoms with Crippen molar-refractivity contribution >= 4 is 25.7 Å². The van der Waals surface area contributed by atoms with Crippen molar-refractivity contribution in [3.8, 4) is 0 Å². The molecule has 0 saturated heterocycles. The van der Waals surface area contributed by atoms with E-state index in [9.17, 15) is 0 Å². The molecule has 0 aliphatic heterocycles. The topological polar surface area (TPSA) is 56.5 Å². The van der Waals surface area contributed by atoms with E-state index in [4.69, 9.17) is 27.2 Å². The second-order valence-corrected chi connectivity index (χ2v) is 12.0. The zero-order valence-electron chi connectivity index (χ0n) is 12.8. The van der Waals surface area contributed by atoms with Gasteiger partial charge in [-0.2, -0.15) is 0 Å². The lowest BCUT2D eigenvalue weighted by Crippen LogP contribution is -2.45. The Morgan fingerprint density at radius 1 is 1.16 bits per heavy atom. The Bertz CT molecular complexity index is 310. The highest BCUT2D eigenvalue weighted by Crippen LogP contribution is 2.39. The van der Waals surface area contributed by atoms with Crippen molar-refractivity contribution in [3.63, 3.8) is 0 Å². The van der Waals surface area contributed by atoms with Gasteiger partial charge in [-0.15, -0.1) is 0 Å². The summed E-state index contributed by atoms with van der Waals surface area (Å²) in [6.07, 6.45) is 4.62. The summed E-state index contributed by atoms with van der Waals surface area (Å²) in [6.45, 7) is 11.4. The van der Waals surface area contributed by atoms with Crippen molar-refractivity contribution in [2.45, 2.75) is 76.8 Å². The number of hydrazine groups is 1. The van der Waals surface area contributed by atoms with Crippen LogP contribution in [0.15, 0.2) is 0 Å². The van der Waals surface area contributed by atoms with Crippen LogP contribution in [-0.2, 0) is 9.16 Å². The minimum absolute atomic E-state index is 0.183.